The minimum absolute atomic E-state index is 0.00594. The van der Waals surface area contributed by atoms with E-state index < -0.39 is 21.8 Å². The Morgan fingerprint density at radius 1 is 0.842 bits per heavy atom. The molecule has 1 N–H and O–H groups in total. The van der Waals surface area contributed by atoms with E-state index in [1.807, 2.05) is 0 Å². The topological polar surface area (TPSA) is 125 Å². The molecule has 0 aliphatic rings. The summed E-state index contributed by atoms with van der Waals surface area (Å²) in [5.41, 5.74) is 2.29. The zero-order chi connectivity index (χ0) is 27.7. The van der Waals surface area contributed by atoms with Crippen LogP contribution in [-0.2, 0) is 25.8 Å². The average molecular weight is 538 g/mol. The minimum atomic E-state index is -3.57. The van der Waals surface area contributed by atoms with Crippen molar-refractivity contribution in [3.8, 4) is 17.2 Å². The second kappa shape index (κ2) is 12.7. The number of carbonyl (C=O) groups excluding carboxylic acids is 3. The molecule has 198 valence electrons. The van der Waals surface area contributed by atoms with Crippen LogP contribution in [0.15, 0.2) is 72.1 Å². The molecule has 0 aliphatic heterocycles. The summed E-state index contributed by atoms with van der Waals surface area (Å²) in [4.78, 5) is 35.0. The highest BCUT2D eigenvalue weighted by Crippen LogP contribution is 2.29. The van der Waals surface area contributed by atoms with E-state index >= 15 is 0 Å². The number of methoxy groups -OCH3 is 1. The predicted octanol–water partition coefficient (Wildman–Crippen LogP) is 4.43. The van der Waals surface area contributed by atoms with E-state index in [-0.39, 0.29) is 29.6 Å². The Bertz CT molecular complexity index is 1440. The van der Waals surface area contributed by atoms with Crippen LogP contribution < -0.4 is 19.5 Å². The number of hydrogen-bond acceptors (Lipinski definition) is 8. The van der Waals surface area contributed by atoms with Gasteiger partial charge in [-0.2, -0.15) is 0 Å². The molecule has 0 saturated carbocycles. The van der Waals surface area contributed by atoms with Crippen LogP contribution in [0.3, 0.4) is 0 Å². The van der Waals surface area contributed by atoms with Crippen molar-refractivity contribution in [3.63, 3.8) is 0 Å². The number of nitrogens with one attached hydrogen (secondary N) is 1. The lowest BCUT2D eigenvalue weighted by atomic mass is 10.1. The summed E-state index contributed by atoms with van der Waals surface area (Å²) in [6.07, 6.45) is 1.64. The molecule has 0 radical (unpaired) electrons. The lowest BCUT2D eigenvalue weighted by Gasteiger charge is -2.09. The van der Waals surface area contributed by atoms with Gasteiger partial charge in [0.1, 0.15) is 5.75 Å². The molecule has 0 atom stereocenters. The Morgan fingerprint density at radius 2 is 1.47 bits per heavy atom. The third-order valence-electron chi connectivity index (χ3n) is 5.18. The Balaban J connectivity index is 1.59. The lowest BCUT2D eigenvalue weighted by Crippen LogP contribution is -2.11. The van der Waals surface area contributed by atoms with Crippen LogP contribution in [0.4, 0.5) is 5.69 Å². The van der Waals surface area contributed by atoms with Gasteiger partial charge in [0.15, 0.2) is 21.3 Å². The molecular formula is C28H27NO8S. The van der Waals surface area contributed by atoms with Crippen molar-refractivity contribution >= 4 is 39.4 Å². The van der Waals surface area contributed by atoms with Crippen LogP contribution in [0.2, 0.25) is 0 Å². The van der Waals surface area contributed by atoms with Gasteiger partial charge in [-0.15, -0.1) is 0 Å². The number of anilines is 1. The number of benzene rings is 3. The Hall–Kier alpha value is -4.44. The van der Waals surface area contributed by atoms with Gasteiger partial charge >= 0.3 is 11.9 Å². The SMILES string of the molecule is COc1ccc(C(=O)Nc2ccc(CCS(=O)(=O)/C=C/c3ccc(OC(C)=O)c(OC(C)=O)c3)cc2)cc1. The van der Waals surface area contributed by atoms with Crippen molar-refractivity contribution in [2.75, 3.05) is 18.2 Å². The second-order valence-electron chi connectivity index (χ2n) is 8.19. The first-order valence-corrected chi connectivity index (χ1v) is 13.2. The summed E-state index contributed by atoms with van der Waals surface area (Å²) >= 11 is 0. The molecule has 0 aromatic heterocycles. The molecule has 38 heavy (non-hydrogen) atoms. The van der Waals surface area contributed by atoms with E-state index in [0.717, 1.165) is 11.0 Å². The van der Waals surface area contributed by atoms with Crippen LogP contribution in [0.1, 0.15) is 35.3 Å². The molecular weight excluding hydrogens is 510 g/mol. The summed E-state index contributed by atoms with van der Waals surface area (Å²) in [7, 11) is -2.02. The van der Waals surface area contributed by atoms with E-state index in [9.17, 15) is 22.8 Å². The molecule has 1 amide bonds. The monoisotopic (exact) mass is 537 g/mol. The molecule has 0 unspecified atom stereocenters. The van der Waals surface area contributed by atoms with Gasteiger partial charge in [-0.05, 0) is 72.2 Å². The first kappa shape index (κ1) is 28.1. The fourth-order valence-corrected chi connectivity index (χ4v) is 4.33. The number of carbonyl (C=O) groups is 3. The Kier molecular flexibility index (Phi) is 9.39. The maximum atomic E-state index is 12.6. The van der Waals surface area contributed by atoms with Crippen molar-refractivity contribution < 1.29 is 37.0 Å². The van der Waals surface area contributed by atoms with Crippen molar-refractivity contribution in [3.05, 3.63) is 88.8 Å². The number of rotatable bonds is 10. The van der Waals surface area contributed by atoms with Crippen molar-refractivity contribution in [1.29, 1.82) is 0 Å². The summed E-state index contributed by atoms with van der Waals surface area (Å²) < 4.78 is 40.3. The van der Waals surface area contributed by atoms with Crippen LogP contribution in [0.25, 0.3) is 6.08 Å². The van der Waals surface area contributed by atoms with Crippen molar-refractivity contribution in [2.24, 2.45) is 0 Å². The highest BCUT2D eigenvalue weighted by molar-refractivity contribution is 7.94. The standard InChI is InChI=1S/C28H27NO8S/c1-19(30)36-26-13-6-22(18-27(26)37-20(2)31)15-17-38(33,34)16-14-21-4-9-24(10-5-21)29-28(32)23-7-11-25(35-3)12-8-23/h4-13,15,17-18H,14,16H2,1-3H3,(H,29,32)/b17-15+. The van der Waals surface area contributed by atoms with Gasteiger partial charge in [0.25, 0.3) is 5.91 Å². The molecule has 0 saturated heterocycles. The van der Waals surface area contributed by atoms with Gasteiger partial charge < -0.3 is 19.5 Å². The first-order chi connectivity index (χ1) is 18.0. The maximum absolute atomic E-state index is 12.6. The van der Waals surface area contributed by atoms with Crippen LogP contribution in [-0.4, -0.2) is 39.1 Å². The molecule has 10 heteroatoms. The number of amides is 1. The smallest absolute Gasteiger partial charge is 0.308 e. The summed E-state index contributed by atoms with van der Waals surface area (Å²) in [6, 6.07) is 18.0. The number of aryl methyl sites for hydroxylation is 1. The van der Waals surface area contributed by atoms with E-state index in [1.165, 1.54) is 38.1 Å². The highest BCUT2D eigenvalue weighted by atomic mass is 32.2. The maximum Gasteiger partial charge on any atom is 0.308 e. The zero-order valence-corrected chi connectivity index (χ0v) is 21.9. The van der Waals surface area contributed by atoms with E-state index in [2.05, 4.69) is 5.32 Å². The largest absolute Gasteiger partial charge is 0.497 e. The van der Waals surface area contributed by atoms with E-state index in [4.69, 9.17) is 14.2 Å². The van der Waals surface area contributed by atoms with Crippen LogP contribution >= 0.6 is 0 Å². The molecule has 0 aliphatic carbocycles. The van der Waals surface area contributed by atoms with Crippen LogP contribution in [0.5, 0.6) is 17.2 Å². The number of sulfone groups is 1. The molecule has 0 fully saturated rings. The molecule has 3 aromatic rings. The highest BCUT2D eigenvalue weighted by Gasteiger charge is 2.12. The van der Waals surface area contributed by atoms with Gasteiger partial charge in [0, 0.05) is 30.5 Å². The third kappa shape index (κ3) is 8.59. The zero-order valence-electron chi connectivity index (χ0n) is 21.1. The molecule has 3 rings (SSSR count). The number of esters is 2. The van der Waals surface area contributed by atoms with Gasteiger partial charge in [-0.1, -0.05) is 18.2 Å². The minimum Gasteiger partial charge on any atom is -0.497 e. The molecule has 0 heterocycles. The first-order valence-electron chi connectivity index (χ1n) is 11.5. The van der Waals surface area contributed by atoms with Gasteiger partial charge in [0.2, 0.25) is 0 Å². The normalized spacial score (nSPS) is 11.1. The van der Waals surface area contributed by atoms with Gasteiger partial charge in [0.05, 0.1) is 12.9 Å². The second-order valence-corrected chi connectivity index (χ2v) is 10.2. The number of ether oxygens (including phenoxy) is 3. The lowest BCUT2D eigenvalue weighted by molar-refractivity contribution is -0.134. The third-order valence-corrected chi connectivity index (χ3v) is 6.51. The molecule has 0 spiro atoms. The fraction of sp³-hybridized carbons (Fsp3) is 0.179. The summed E-state index contributed by atoms with van der Waals surface area (Å²) in [6.45, 7) is 2.41. The predicted molar refractivity (Wildman–Crippen MR) is 143 cm³/mol. The Morgan fingerprint density at radius 3 is 2.08 bits per heavy atom. The molecule has 0 bridgehead atoms. The molecule has 3 aromatic carbocycles. The summed E-state index contributed by atoms with van der Waals surface area (Å²) in [5, 5.41) is 3.87. The van der Waals surface area contributed by atoms with E-state index in [1.54, 1.807) is 55.6 Å². The number of hydrogen-bond donors (Lipinski definition) is 1. The van der Waals surface area contributed by atoms with Crippen molar-refractivity contribution in [2.45, 2.75) is 20.3 Å². The van der Waals surface area contributed by atoms with Gasteiger partial charge in [-0.3, -0.25) is 14.4 Å². The Labute approximate surface area is 221 Å². The average Bonchev–Trinajstić information content (AvgIpc) is 2.88. The van der Waals surface area contributed by atoms with Crippen molar-refractivity contribution in [1.82, 2.24) is 0 Å². The summed E-state index contributed by atoms with van der Waals surface area (Å²) in [5.74, 6) is -0.896. The molecule has 9 nitrogen and oxygen atoms in total. The van der Waals surface area contributed by atoms with Gasteiger partial charge in [-0.25, -0.2) is 8.42 Å². The van der Waals surface area contributed by atoms with E-state index in [0.29, 0.717) is 22.6 Å². The fourth-order valence-electron chi connectivity index (χ4n) is 3.31. The van der Waals surface area contributed by atoms with Crippen LogP contribution in [0, 0.1) is 0 Å². The quantitative estimate of drug-likeness (QED) is 0.298.